The van der Waals surface area contributed by atoms with Crippen LogP contribution in [0.25, 0.3) is 0 Å². The minimum atomic E-state index is 0.139. The highest BCUT2D eigenvalue weighted by Gasteiger charge is 1.92. The lowest BCUT2D eigenvalue weighted by Crippen LogP contribution is -2.10. The van der Waals surface area contributed by atoms with Gasteiger partial charge in [0.25, 0.3) is 0 Å². The fraction of sp³-hybridized carbons (Fsp3) is 0.217. The Kier molecular flexibility index (Phi) is 36.5. The SMILES string of the molecule is Cc1ccc(CN)cc1.Cc1ccc(CO)cc1.Cc1ccc(N)cc1.Cc1ccc(O)cc1.Cc1cccc(CN)c1.Cc1cccc(CO)c1.Cc1cccc(N)c1.Cc1cccc(O)c1.Cc1cccc(OCCN)c1. The molecule has 9 rings (SSSR count). The third kappa shape index (κ3) is 36.5. The second-order valence-corrected chi connectivity index (χ2v) is 18.6. The summed E-state index contributed by atoms with van der Waals surface area (Å²) in [7, 11) is 0. The molecule has 0 aliphatic rings. The summed E-state index contributed by atoms with van der Waals surface area (Å²) in [5, 5.41) is 34.9. The zero-order chi connectivity index (χ0) is 58.8. The number of aliphatic hydroxyl groups excluding tert-OH is 2. The van der Waals surface area contributed by atoms with Crippen molar-refractivity contribution in [2.45, 2.75) is 88.6 Å². The molecule has 9 aromatic rings. The molecular formula is C69H89N5O5. The summed E-state index contributed by atoms with van der Waals surface area (Å²) in [4.78, 5) is 0. The van der Waals surface area contributed by atoms with Gasteiger partial charge in [-0.25, -0.2) is 0 Å². The maximum absolute atomic E-state index is 8.81. The minimum absolute atomic E-state index is 0.139. The van der Waals surface area contributed by atoms with E-state index >= 15 is 0 Å². The average molecular weight is 1070 g/mol. The molecule has 0 spiro atoms. The number of ether oxygens (including phenoxy) is 1. The van der Waals surface area contributed by atoms with Gasteiger partial charge in [-0.1, -0.05) is 191 Å². The van der Waals surface area contributed by atoms with Crippen LogP contribution in [0, 0.1) is 62.3 Å². The second-order valence-electron chi connectivity index (χ2n) is 18.6. The number of hydrogen-bond donors (Lipinski definition) is 9. The van der Waals surface area contributed by atoms with E-state index in [-0.39, 0.29) is 13.2 Å². The number of hydrogen-bond acceptors (Lipinski definition) is 10. The number of aliphatic hydroxyl groups is 2. The zero-order valence-corrected chi connectivity index (χ0v) is 48.1. The van der Waals surface area contributed by atoms with Crippen LogP contribution in [0.2, 0.25) is 0 Å². The van der Waals surface area contributed by atoms with Crippen molar-refractivity contribution in [1.82, 2.24) is 0 Å². The van der Waals surface area contributed by atoms with E-state index in [9.17, 15) is 0 Å². The molecule has 0 aliphatic carbocycles. The third-order valence-corrected chi connectivity index (χ3v) is 10.8. The second kappa shape index (κ2) is 41.9. The maximum Gasteiger partial charge on any atom is 0.119 e. The van der Waals surface area contributed by atoms with Crippen molar-refractivity contribution in [3.05, 3.63) is 291 Å². The Morgan fingerprint density at radius 2 is 0.696 bits per heavy atom. The van der Waals surface area contributed by atoms with E-state index in [0.29, 0.717) is 37.7 Å². The molecule has 14 N–H and O–H groups in total. The summed E-state index contributed by atoms with van der Waals surface area (Å²) in [6, 6.07) is 69.9. The molecule has 10 nitrogen and oxygen atoms in total. The topological polar surface area (TPSA) is 220 Å². The molecule has 0 amide bonds. The molecule has 0 aliphatic heterocycles. The lowest BCUT2D eigenvalue weighted by Gasteiger charge is -2.03. The monoisotopic (exact) mass is 1070 g/mol. The van der Waals surface area contributed by atoms with Crippen LogP contribution in [0.5, 0.6) is 17.2 Å². The number of phenols is 2. The largest absolute Gasteiger partial charge is 0.508 e. The number of anilines is 2. The van der Waals surface area contributed by atoms with Crippen LogP contribution in [0.1, 0.15) is 72.3 Å². The van der Waals surface area contributed by atoms with E-state index in [1.165, 1.54) is 55.6 Å². The highest BCUT2D eigenvalue weighted by Crippen LogP contribution is 2.12. The summed E-state index contributed by atoms with van der Waals surface area (Å²) in [6.45, 7) is 20.9. The zero-order valence-electron chi connectivity index (χ0n) is 48.1. The molecule has 0 fully saturated rings. The molecule has 0 radical (unpaired) electrons. The molecular weight excluding hydrogens is 979 g/mol. The van der Waals surface area contributed by atoms with Crippen molar-refractivity contribution in [3.8, 4) is 17.2 Å². The van der Waals surface area contributed by atoms with Crippen LogP contribution in [0.3, 0.4) is 0 Å². The Morgan fingerprint density at radius 1 is 0.316 bits per heavy atom. The molecule has 0 unspecified atom stereocenters. The van der Waals surface area contributed by atoms with Gasteiger partial charge in [-0.3, -0.25) is 0 Å². The van der Waals surface area contributed by atoms with Crippen molar-refractivity contribution < 1.29 is 25.2 Å². The van der Waals surface area contributed by atoms with Gasteiger partial charge in [0, 0.05) is 31.0 Å². The molecule has 0 saturated carbocycles. The first-order valence-electron chi connectivity index (χ1n) is 26.2. The van der Waals surface area contributed by atoms with Crippen molar-refractivity contribution in [3.63, 3.8) is 0 Å². The standard InChI is InChI=1S/C9H13NO.2C8H11N.2C8H10O.2C7H9N.2C7H8O/c1-8-3-2-4-9(7-8)11-6-5-10;1-7-2-4-8(6-9)5-3-7;1-7-3-2-4-8(5-7)6-9;1-7-2-4-8(6-9)5-3-7;1-7-3-2-4-8(5-7)6-9;1-6-2-4-7(8)5-3-6;1-6-3-2-4-7(8)5-6;1-6-2-4-7(8)5-3-6;1-6-3-2-4-7(8)5-6/h2-4,7H,5-6,10H2,1H3;2*2-5H,6,9H2,1H3;2*2-5,9H,6H2,1H3;2*2-5H,8H2,1H3;2*2-5,8H,1H3. The number of nitrogens with two attached hydrogens (primary N) is 5. The molecule has 10 heteroatoms. The predicted octanol–water partition coefficient (Wildman–Crippen LogP) is 13.8. The molecule has 0 saturated heterocycles. The van der Waals surface area contributed by atoms with Crippen LogP contribution in [0.15, 0.2) is 218 Å². The van der Waals surface area contributed by atoms with Gasteiger partial charge in [-0.15, -0.1) is 0 Å². The number of nitrogen functional groups attached to an aromatic ring is 2. The summed E-state index contributed by atoms with van der Waals surface area (Å²) < 4.78 is 5.31. The van der Waals surface area contributed by atoms with E-state index < -0.39 is 0 Å². The molecule has 0 aromatic heterocycles. The van der Waals surface area contributed by atoms with Crippen LogP contribution in [-0.2, 0) is 26.3 Å². The lowest BCUT2D eigenvalue weighted by molar-refractivity contribution is 0.281. The molecule has 420 valence electrons. The molecule has 0 atom stereocenters. The molecule has 0 bridgehead atoms. The Labute approximate surface area is 472 Å². The summed E-state index contributed by atoms with van der Waals surface area (Å²) in [6.07, 6.45) is 0. The van der Waals surface area contributed by atoms with Gasteiger partial charge in [0.05, 0.1) is 13.2 Å². The highest BCUT2D eigenvalue weighted by molar-refractivity contribution is 5.40. The van der Waals surface area contributed by atoms with Crippen LogP contribution in [-0.4, -0.2) is 33.6 Å². The Hall–Kier alpha value is -8.22. The van der Waals surface area contributed by atoms with Crippen LogP contribution < -0.4 is 33.4 Å². The predicted molar refractivity (Wildman–Crippen MR) is 335 cm³/mol. The smallest absolute Gasteiger partial charge is 0.119 e. The fourth-order valence-corrected chi connectivity index (χ4v) is 6.36. The van der Waals surface area contributed by atoms with E-state index in [4.69, 9.17) is 53.8 Å². The molecule has 79 heavy (non-hydrogen) atoms. The first-order valence-corrected chi connectivity index (χ1v) is 26.2. The van der Waals surface area contributed by atoms with E-state index in [1.807, 2.05) is 206 Å². The number of aryl methyl sites for hydroxylation is 9. The average Bonchev–Trinajstić information content (AvgIpc) is 3.44. The highest BCUT2D eigenvalue weighted by atomic mass is 16.5. The Bertz CT molecular complexity index is 2690. The number of benzene rings is 9. The van der Waals surface area contributed by atoms with Crippen molar-refractivity contribution >= 4 is 11.4 Å². The number of rotatable bonds is 7. The first-order chi connectivity index (χ1) is 37.8. The van der Waals surface area contributed by atoms with Gasteiger partial charge in [0.15, 0.2) is 0 Å². The van der Waals surface area contributed by atoms with E-state index in [0.717, 1.165) is 33.8 Å². The van der Waals surface area contributed by atoms with Gasteiger partial charge in [-0.05, 0) is 162 Å². The van der Waals surface area contributed by atoms with E-state index in [2.05, 4.69) is 50.2 Å². The Morgan fingerprint density at radius 3 is 1.03 bits per heavy atom. The third-order valence-electron chi connectivity index (χ3n) is 10.8. The van der Waals surface area contributed by atoms with Gasteiger partial charge in [-0.2, -0.15) is 0 Å². The van der Waals surface area contributed by atoms with Crippen molar-refractivity contribution in [2.75, 3.05) is 24.6 Å². The summed E-state index contributed by atoms with van der Waals surface area (Å²) >= 11 is 0. The number of aromatic hydroxyl groups is 2. The normalized spacial score (nSPS) is 9.39. The molecule has 0 heterocycles. The van der Waals surface area contributed by atoms with Gasteiger partial charge in [0.2, 0.25) is 0 Å². The van der Waals surface area contributed by atoms with Gasteiger partial charge in [0.1, 0.15) is 23.9 Å². The quantitative estimate of drug-likeness (QED) is 0.0687. The maximum atomic E-state index is 8.81. The van der Waals surface area contributed by atoms with Crippen molar-refractivity contribution in [1.29, 1.82) is 0 Å². The van der Waals surface area contributed by atoms with Crippen molar-refractivity contribution in [2.24, 2.45) is 17.2 Å². The molecule has 9 aromatic carbocycles. The minimum Gasteiger partial charge on any atom is -0.508 e. The first kappa shape index (κ1) is 68.8. The van der Waals surface area contributed by atoms with Gasteiger partial charge >= 0.3 is 0 Å². The lowest BCUT2D eigenvalue weighted by atomic mass is 10.1. The van der Waals surface area contributed by atoms with Crippen LogP contribution in [0.4, 0.5) is 11.4 Å². The summed E-state index contributed by atoms with van der Waals surface area (Å²) in [5.41, 5.74) is 43.9. The van der Waals surface area contributed by atoms with E-state index in [1.54, 1.807) is 24.3 Å². The Balaban J connectivity index is 0.000000445. The number of phenolic OH excluding ortho intramolecular Hbond substituents is 2. The van der Waals surface area contributed by atoms with Crippen LogP contribution >= 0.6 is 0 Å². The van der Waals surface area contributed by atoms with Gasteiger partial charge < -0.3 is 53.8 Å². The fourth-order valence-electron chi connectivity index (χ4n) is 6.36. The summed E-state index contributed by atoms with van der Waals surface area (Å²) in [5.74, 6) is 1.57.